The summed E-state index contributed by atoms with van der Waals surface area (Å²) in [6, 6.07) is 26.3. The van der Waals surface area contributed by atoms with E-state index < -0.39 is 0 Å². The van der Waals surface area contributed by atoms with Gasteiger partial charge in [0.25, 0.3) is 0 Å². The summed E-state index contributed by atoms with van der Waals surface area (Å²) in [5, 5.41) is 0. The quantitative estimate of drug-likeness (QED) is 0.154. The maximum absolute atomic E-state index is 12.2. The highest BCUT2D eigenvalue weighted by molar-refractivity contribution is 6.06. The van der Waals surface area contributed by atoms with E-state index >= 15 is 0 Å². The van der Waals surface area contributed by atoms with Crippen LogP contribution >= 0.6 is 0 Å². The van der Waals surface area contributed by atoms with E-state index in [4.69, 9.17) is 4.74 Å². The predicted octanol–water partition coefficient (Wildman–Crippen LogP) is 7.94. The van der Waals surface area contributed by atoms with Crippen LogP contribution in [-0.4, -0.2) is 12.4 Å². The van der Waals surface area contributed by atoms with Gasteiger partial charge in [-0.3, -0.25) is 4.79 Å². The van der Waals surface area contributed by atoms with E-state index in [2.05, 4.69) is 55.1 Å². The molecule has 0 saturated heterocycles. The van der Waals surface area contributed by atoms with Gasteiger partial charge in [0.15, 0.2) is 5.78 Å². The maximum Gasteiger partial charge on any atom is 0.185 e. The van der Waals surface area contributed by atoms with Crippen LogP contribution in [0.1, 0.15) is 65.2 Å². The highest BCUT2D eigenvalue weighted by Gasteiger charge is 2.00. The number of unbranched alkanes of at least 4 members (excludes halogenated alkanes) is 3. The van der Waals surface area contributed by atoms with Crippen molar-refractivity contribution >= 4 is 17.4 Å². The van der Waals surface area contributed by atoms with Crippen molar-refractivity contribution in [1.82, 2.24) is 0 Å². The van der Waals surface area contributed by atoms with Crippen molar-refractivity contribution in [1.29, 1.82) is 0 Å². The molecule has 0 heterocycles. The van der Waals surface area contributed by atoms with Crippen molar-refractivity contribution in [2.75, 3.05) is 6.61 Å². The Hall–Kier alpha value is -3.23. The molecule has 0 fully saturated rings. The minimum Gasteiger partial charge on any atom is -0.377 e. The fourth-order valence-corrected chi connectivity index (χ4v) is 3.63. The van der Waals surface area contributed by atoms with Crippen LogP contribution in [0.2, 0.25) is 0 Å². The predicted molar refractivity (Wildman–Crippen MR) is 139 cm³/mol. The Labute approximate surface area is 198 Å². The van der Waals surface area contributed by atoms with Crippen LogP contribution < -0.4 is 0 Å². The lowest BCUT2D eigenvalue weighted by atomic mass is 10.0. The molecule has 0 N–H and O–H groups in total. The molecule has 3 aromatic carbocycles. The van der Waals surface area contributed by atoms with Crippen molar-refractivity contribution < 1.29 is 9.53 Å². The van der Waals surface area contributed by atoms with E-state index in [1.165, 1.54) is 36.0 Å². The Morgan fingerprint density at radius 3 is 2.15 bits per heavy atom. The van der Waals surface area contributed by atoms with E-state index in [1.807, 2.05) is 43.3 Å². The van der Waals surface area contributed by atoms with Gasteiger partial charge < -0.3 is 4.74 Å². The summed E-state index contributed by atoms with van der Waals surface area (Å²) in [4.78, 5) is 12.2. The second-order valence-electron chi connectivity index (χ2n) is 8.50. The number of ether oxygens (including phenoxy) is 1. The van der Waals surface area contributed by atoms with E-state index in [0.717, 1.165) is 30.6 Å². The van der Waals surface area contributed by atoms with Gasteiger partial charge in [0.05, 0.1) is 6.61 Å². The van der Waals surface area contributed by atoms with Gasteiger partial charge in [-0.2, -0.15) is 0 Å². The van der Waals surface area contributed by atoms with Gasteiger partial charge in [-0.05, 0) is 54.5 Å². The fourth-order valence-electron chi connectivity index (χ4n) is 3.63. The van der Waals surface area contributed by atoms with E-state index in [1.54, 1.807) is 6.08 Å². The molecule has 2 nitrogen and oxygen atoms in total. The molecular formula is C31H34O2. The van der Waals surface area contributed by atoms with Crippen molar-refractivity contribution in [3.05, 3.63) is 119 Å². The molecule has 0 bridgehead atoms. The van der Waals surface area contributed by atoms with E-state index in [9.17, 15) is 4.79 Å². The molecule has 0 aliphatic rings. The molecule has 170 valence electrons. The number of hydrogen-bond donors (Lipinski definition) is 0. The number of hydrogen-bond acceptors (Lipinski definition) is 2. The van der Waals surface area contributed by atoms with Gasteiger partial charge in [0, 0.05) is 12.2 Å². The lowest BCUT2D eigenvalue weighted by Gasteiger charge is -2.06. The summed E-state index contributed by atoms with van der Waals surface area (Å²) in [7, 11) is 0. The average molecular weight is 439 g/mol. The van der Waals surface area contributed by atoms with Crippen LogP contribution in [0.5, 0.6) is 0 Å². The molecule has 0 atom stereocenters. The highest BCUT2D eigenvalue weighted by Crippen LogP contribution is 2.14. The third-order valence-electron chi connectivity index (χ3n) is 5.68. The topological polar surface area (TPSA) is 26.3 Å². The van der Waals surface area contributed by atoms with Gasteiger partial charge in [-0.1, -0.05) is 110 Å². The van der Waals surface area contributed by atoms with E-state index in [-0.39, 0.29) is 5.78 Å². The molecule has 0 radical (unpaired) electrons. The van der Waals surface area contributed by atoms with Gasteiger partial charge in [-0.25, -0.2) is 0 Å². The molecule has 0 amide bonds. The Kier molecular flexibility index (Phi) is 9.87. The van der Waals surface area contributed by atoms with Gasteiger partial charge in [-0.15, -0.1) is 0 Å². The molecule has 3 aromatic rings. The maximum atomic E-state index is 12.2. The monoisotopic (exact) mass is 438 g/mol. The molecule has 3 rings (SSSR count). The molecule has 0 aromatic heterocycles. The number of benzene rings is 3. The molecule has 0 aliphatic heterocycles. The minimum absolute atomic E-state index is 0.0318. The summed E-state index contributed by atoms with van der Waals surface area (Å²) < 4.78 is 5.81. The van der Waals surface area contributed by atoms with E-state index in [0.29, 0.717) is 12.2 Å². The fraction of sp³-hybridized carbons (Fsp3) is 0.258. The highest BCUT2D eigenvalue weighted by atomic mass is 16.5. The largest absolute Gasteiger partial charge is 0.377 e. The van der Waals surface area contributed by atoms with Crippen LogP contribution in [-0.2, 0) is 17.8 Å². The smallest absolute Gasteiger partial charge is 0.185 e. The molecule has 2 heteroatoms. The molecule has 0 aliphatic carbocycles. The van der Waals surface area contributed by atoms with Crippen LogP contribution in [0.15, 0.2) is 91.5 Å². The number of ketones is 1. The number of carbonyl (C=O) groups excluding carboxylic acids is 1. The zero-order valence-electron chi connectivity index (χ0n) is 19.6. The third kappa shape index (κ3) is 8.67. The molecule has 0 spiro atoms. The van der Waals surface area contributed by atoms with Crippen molar-refractivity contribution in [2.24, 2.45) is 0 Å². The van der Waals surface area contributed by atoms with Gasteiger partial charge in [0.2, 0.25) is 0 Å². The molecular weight excluding hydrogens is 404 g/mol. The van der Waals surface area contributed by atoms with Crippen molar-refractivity contribution in [3.63, 3.8) is 0 Å². The molecule has 0 saturated carbocycles. The summed E-state index contributed by atoms with van der Waals surface area (Å²) in [6.45, 7) is 7.48. The van der Waals surface area contributed by atoms with Crippen molar-refractivity contribution in [2.45, 2.75) is 45.6 Å². The Bertz CT molecular complexity index is 1030. The molecule has 0 unspecified atom stereocenters. The first-order valence-electron chi connectivity index (χ1n) is 11.8. The Balaban J connectivity index is 1.27. The Morgan fingerprint density at radius 1 is 0.788 bits per heavy atom. The normalized spacial score (nSPS) is 11.1. The van der Waals surface area contributed by atoms with Crippen LogP contribution in [0.4, 0.5) is 0 Å². The third-order valence-corrected chi connectivity index (χ3v) is 5.68. The SMILES string of the molecule is C=C(C)c1ccc(COCCCCCCc2ccc(C=CC(=O)c3ccccc3)cc2)cc1. The lowest BCUT2D eigenvalue weighted by molar-refractivity contribution is 0.104. The summed E-state index contributed by atoms with van der Waals surface area (Å²) in [5.41, 5.74) is 6.59. The zero-order chi connectivity index (χ0) is 23.3. The number of rotatable bonds is 13. The summed E-state index contributed by atoms with van der Waals surface area (Å²) >= 11 is 0. The number of carbonyl (C=O) groups is 1. The second kappa shape index (κ2) is 13.3. The number of allylic oxidation sites excluding steroid dienone is 2. The second-order valence-corrected chi connectivity index (χ2v) is 8.50. The summed E-state index contributed by atoms with van der Waals surface area (Å²) in [6.07, 6.45) is 9.30. The lowest BCUT2D eigenvalue weighted by Crippen LogP contribution is -1.96. The van der Waals surface area contributed by atoms with Crippen LogP contribution in [0.25, 0.3) is 11.6 Å². The van der Waals surface area contributed by atoms with Crippen LogP contribution in [0, 0.1) is 0 Å². The first-order chi connectivity index (χ1) is 16.1. The first-order valence-corrected chi connectivity index (χ1v) is 11.8. The van der Waals surface area contributed by atoms with Gasteiger partial charge in [0.1, 0.15) is 0 Å². The zero-order valence-corrected chi connectivity index (χ0v) is 19.6. The van der Waals surface area contributed by atoms with Crippen molar-refractivity contribution in [3.8, 4) is 0 Å². The number of aryl methyl sites for hydroxylation is 1. The molecule has 33 heavy (non-hydrogen) atoms. The standard InChI is InChI=1S/C31H34O2/c1-25(2)29-20-17-28(18-21-29)24-33-23-9-4-3-6-10-26-13-15-27(16-14-26)19-22-31(32)30-11-7-5-8-12-30/h5,7-8,11-22H,1,3-4,6,9-10,23-24H2,2H3. The average Bonchev–Trinajstić information content (AvgIpc) is 2.85. The Morgan fingerprint density at radius 2 is 1.45 bits per heavy atom. The van der Waals surface area contributed by atoms with Crippen LogP contribution in [0.3, 0.4) is 0 Å². The minimum atomic E-state index is 0.0318. The first kappa shape index (κ1) is 24.4. The van der Waals surface area contributed by atoms with Gasteiger partial charge >= 0.3 is 0 Å². The summed E-state index contributed by atoms with van der Waals surface area (Å²) in [5.74, 6) is 0.0318.